The molecule has 2 aromatic rings. The second-order valence-corrected chi connectivity index (χ2v) is 8.55. The minimum absolute atomic E-state index is 0.225. The molecular formula is C24H30ClN3O2. The number of piperidine rings is 1. The molecule has 1 aliphatic rings. The van der Waals surface area contributed by atoms with E-state index in [1.807, 2.05) is 12.1 Å². The fourth-order valence-corrected chi connectivity index (χ4v) is 4.10. The van der Waals surface area contributed by atoms with Gasteiger partial charge in [-0.2, -0.15) is 0 Å². The fraction of sp³-hybridized carbons (Fsp3) is 0.417. The SMILES string of the molecule is C[C@@H]1CCCN(Cc2ccccc2CNC(=O)[C@H](C)NC(=O)c2ccccc2Cl)C1. The number of benzene rings is 2. The minimum Gasteiger partial charge on any atom is -0.350 e. The lowest BCUT2D eigenvalue weighted by atomic mass is 9.99. The summed E-state index contributed by atoms with van der Waals surface area (Å²) < 4.78 is 0. The van der Waals surface area contributed by atoms with Crippen molar-refractivity contribution in [2.75, 3.05) is 13.1 Å². The molecule has 3 rings (SSSR count). The van der Waals surface area contributed by atoms with Gasteiger partial charge < -0.3 is 10.6 Å². The zero-order valence-corrected chi connectivity index (χ0v) is 18.4. The van der Waals surface area contributed by atoms with Crippen LogP contribution in [0.1, 0.15) is 48.2 Å². The van der Waals surface area contributed by atoms with Crippen molar-refractivity contribution < 1.29 is 9.59 Å². The van der Waals surface area contributed by atoms with Crippen LogP contribution >= 0.6 is 11.6 Å². The summed E-state index contributed by atoms with van der Waals surface area (Å²) in [6.45, 7) is 7.55. The summed E-state index contributed by atoms with van der Waals surface area (Å²) in [5.74, 6) is 0.146. The molecule has 2 N–H and O–H groups in total. The molecule has 2 atom stereocenters. The molecule has 0 aliphatic carbocycles. The van der Waals surface area contributed by atoms with Crippen molar-refractivity contribution in [2.24, 2.45) is 5.92 Å². The Morgan fingerprint density at radius 2 is 1.83 bits per heavy atom. The molecule has 2 aromatic carbocycles. The van der Waals surface area contributed by atoms with Crippen molar-refractivity contribution in [3.05, 3.63) is 70.2 Å². The summed E-state index contributed by atoms with van der Waals surface area (Å²) >= 11 is 6.06. The van der Waals surface area contributed by atoms with E-state index in [1.165, 1.54) is 18.4 Å². The van der Waals surface area contributed by atoms with Crippen LogP contribution in [0.3, 0.4) is 0 Å². The van der Waals surface area contributed by atoms with E-state index < -0.39 is 6.04 Å². The molecule has 30 heavy (non-hydrogen) atoms. The topological polar surface area (TPSA) is 61.4 Å². The number of hydrogen-bond acceptors (Lipinski definition) is 3. The second kappa shape index (κ2) is 10.6. The van der Waals surface area contributed by atoms with Crippen molar-refractivity contribution >= 4 is 23.4 Å². The zero-order valence-electron chi connectivity index (χ0n) is 17.7. The quantitative estimate of drug-likeness (QED) is 0.701. The Morgan fingerprint density at radius 3 is 2.57 bits per heavy atom. The van der Waals surface area contributed by atoms with E-state index in [-0.39, 0.29) is 11.8 Å². The summed E-state index contributed by atoms with van der Waals surface area (Å²) in [4.78, 5) is 27.4. The lowest BCUT2D eigenvalue weighted by Gasteiger charge is -2.31. The van der Waals surface area contributed by atoms with Gasteiger partial charge >= 0.3 is 0 Å². The third-order valence-corrected chi connectivity index (χ3v) is 5.90. The summed E-state index contributed by atoms with van der Waals surface area (Å²) in [5.41, 5.74) is 2.70. The number of nitrogens with one attached hydrogen (secondary N) is 2. The van der Waals surface area contributed by atoms with Gasteiger partial charge in [0, 0.05) is 19.6 Å². The number of amides is 2. The first kappa shape index (κ1) is 22.3. The lowest BCUT2D eigenvalue weighted by Crippen LogP contribution is -2.44. The molecule has 2 amide bonds. The highest BCUT2D eigenvalue weighted by molar-refractivity contribution is 6.33. The molecule has 5 nitrogen and oxygen atoms in total. The molecule has 6 heteroatoms. The predicted octanol–water partition coefficient (Wildman–Crippen LogP) is 4.01. The third kappa shape index (κ3) is 6.07. The first-order valence-electron chi connectivity index (χ1n) is 10.6. The summed E-state index contributed by atoms with van der Waals surface area (Å²) in [5, 5.41) is 6.03. The monoisotopic (exact) mass is 427 g/mol. The van der Waals surface area contributed by atoms with E-state index in [0.29, 0.717) is 17.1 Å². The molecule has 1 aliphatic heterocycles. The molecule has 0 aromatic heterocycles. The van der Waals surface area contributed by atoms with Crippen LogP contribution in [0.4, 0.5) is 0 Å². The van der Waals surface area contributed by atoms with Gasteiger partial charge in [-0.15, -0.1) is 0 Å². The van der Waals surface area contributed by atoms with Gasteiger partial charge in [0.05, 0.1) is 10.6 Å². The van der Waals surface area contributed by atoms with E-state index in [4.69, 9.17) is 11.6 Å². The van der Waals surface area contributed by atoms with Crippen LogP contribution in [0.25, 0.3) is 0 Å². The van der Waals surface area contributed by atoms with Gasteiger partial charge in [-0.25, -0.2) is 0 Å². The Labute approximate surface area is 183 Å². The van der Waals surface area contributed by atoms with Gasteiger partial charge in [-0.05, 0) is 55.5 Å². The van der Waals surface area contributed by atoms with E-state index in [9.17, 15) is 9.59 Å². The van der Waals surface area contributed by atoms with Crippen molar-refractivity contribution in [1.29, 1.82) is 0 Å². The zero-order chi connectivity index (χ0) is 21.5. The molecule has 1 saturated heterocycles. The molecular weight excluding hydrogens is 398 g/mol. The highest BCUT2D eigenvalue weighted by Gasteiger charge is 2.19. The van der Waals surface area contributed by atoms with Gasteiger partial charge in [0.15, 0.2) is 0 Å². The maximum absolute atomic E-state index is 12.5. The van der Waals surface area contributed by atoms with Crippen LogP contribution in [0, 0.1) is 5.92 Å². The maximum atomic E-state index is 12.5. The van der Waals surface area contributed by atoms with Crippen LogP contribution in [0.5, 0.6) is 0 Å². The minimum atomic E-state index is -0.663. The number of nitrogens with zero attached hydrogens (tertiary/aromatic N) is 1. The fourth-order valence-electron chi connectivity index (χ4n) is 3.88. The molecule has 160 valence electrons. The highest BCUT2D eigenvalue weighted by atomic mass is 35.5. The van der Waals surface area contributed by atoms with Gasteiger partial charge in [0.2, 0.25) is 5.91 Å². The Morgan fingerprint density at radius 1 is 1.13 bits per heavy atom. The summed E-state index contributed by atoms with van der Waals surface area (Å²) in [6.07, 6.45) is 2.54. The molecule has 0 bridgehead atoms. The van der Waals surface area contributed by atoms with Crippen LogP contribution in [0.2, 0.25) is 5.02 Å². The number of carbonyl (C=O) groups is 2. The predicted molar refractivity (Wildman–Crippen MR) is 120 cm³/mol. The molecule has 1 fully saturated rings. The molecule has 0 saturated carbocycles. The molecule has 0 radical (unpaired) electrons. The van der Waals surface area contributed by atoms with Gasteiger partial charge in [0.1, 0.15) is 6.04 Å². The van der Waals surface area contributed by atoms with Crippen LogP contribution in [-0.4, -0.2) is 35.8 Å². The summed E-state index contributed by atoms with van der Waals surface area (Å²) in [6, 6.07) is 14.3. The average Bonchev–Trinajstić information content (AvgIpc) is 2.73. The third-order valence-electron chi connectivity index (χ3n) is 5.57. The van der Waals surface area contributed by atoms with E-state index >= 15 is 0 Å². The van der Waals surface area contributed by atoms with Crippen molar-refractivity contribution in [3.8, 4) is 0 Å². The maximum Gasteiger partial charge on any atom is 0.253 e. The number of hydrogen-bond donors (Lipinski definition) is 2. The Hall–Kier alpha value is -2.37. The molecule has 0 spiro atoms. The number of halogens is 1. The smallest absolute Gasteiger partial charge is 0.253 e. The van der Waals surface area contributed by atoms with Gasteiger partial charge in [-0.1, -0.05) is 54.9 Å². The largest absolute Gasteiger partial charge is 0.350 e. The highest BCUT2D eigenvalue weighted by Crippen LogP contribution is 2.19. The second-order valence-electron chi connectivity index (χ2n) is 8.14. The Bertz CT molecular complexity index is 886. The lowest BCUT2D eigenvalue weighted by molar-refractivity contribution is -0.122. The Kier molecular flexibility index (Phi) is 7.88. The van der Waals surface area contributed by atoms with Crippen LogP contribution in [-0.2, 0) is 17.9 Å². The number of rotatable bonds is 7. The van der Waals surface area contributed by atoms with E-state index in [1.54, 1.807) is 31.2 Å². The van der Waals surface area contributed by atoms with Crippen LogP contribution < -0.4 is 10.6 Å². The average molecular weight is 428 g/mol. The van der Waals surface area contributed by atoms with Crippen molar-refractivity contribution in [3.63, 3.8) is 0 Å². The van der Waals surface area contributed by atoms with Crippen LogP contribution in [0.15, 0.2) is 48.5 Å². The van der Waals surface area contributed by atoms with Gasteiger partial charge in [0.25, 0.3) is 5.91 Å². The first-order chi connectivity index (χ1) is 14.4. The normalized spacial score (nSPS) is 17.9. The van der Waals surface area contributed by atoms with Crippen molar-refractivity contribution in [1.82, 2.24) is 15.5 Å². The van der Waals surface area contributed by atoms with Crippen molar-refractivity contribution in [2.45, 2.75) is 45.8 Å². The van der Waals surface area contributed by atoms with E-state index in [0.717, 1.165) is 31.1 Å². The standard InChI is InChI=1S/C24H30ClN3O2/c1-17-8-7-13-28(15-17)16-20-10-4-3-9-19(20)14-26-23(29)18(2)27-24(30)21-11-5-6-12-22(21)25/h3-6,9-12,17-18H,7-8,13-16H2,1-2H3,(H,26,29)(H,27,30)/t17-,18+/m1/s1. The number of carbonyl (C=O) groups excluding carboxylic acids is 2. The van der Waals surface area contributed by atoms with E-state index in [2.05, 4.69) is 34.6 Å². The molecule has 1 heterocycles. The molecule has 0 unspecified atom stereocenters. The first-order valence-corrected chi connectivity index (χ1v) is 10.9. The summed E-state index contributed by atoms with van der Waals surface area (Å²) in [7, 11) is 0. The Balaban J connectivity index is 1.55. The number of likely N-dealkylation sites (tertiary alicyclic amines) is 1. The van der Waals surface area contributed by atoms with Gasteiger partial charge in [-0.3, -0.25) is 14.5 Å².